The first-order chi connectivity index (χ1) is 11.5. The van der Waals surface area contributed by atoms with Crippen molar-refractivity contribution in [1.82, 2.24) is 10.2 Å². The highest BCUT2D eigenvalue weighted by atomic mass is 35.5. The van der Waals surface area contributed by atoms with E-state index in [-0.39, 0.29) is 29.4 Å². The number of nitrogens with zero attached hydrogens (tertiary/aromatic N) is 1. The highest BCUT2D eigenvalue weighted by Gasteiger charge is 2.45. The molecule has 24 heavy (non-hydrogen) atoms. The molecule has 1 aromatic heterocycles. The van der Waals surface area contributed by atoms with E-state index in [9.17, 15) is 9.59 Å². The normalized spacial score (nSPS) is 19.0. The van der Waals surface area contributed by atoms with E-state index in [0.717, 1.165) is 12.0 Å². The number of benzene rings is 1. The highest BCUT2D eigenvalue weighted by molar-refractivity contribution is 6.30. The molecule has 0 bridgehead atoms. The van der Waals surface area contributed by atoms with Gasteiger partial charge in [0.05, 0.1) is 6.54 Å². The van der Waals surface area contributed by atoms with Crippen molar-refractivity contribution < 1.29 is 14.0 Å². The number of halogens is 1. The summed E-state index contributed by atoms with van der Waals surface area (Å²) in [6, 6.07) is 11.0. The van der Waals surface area contributed by atoms with Gasteiger partial charge in [0.2, 0.25) is 5.91 Å². The van der Waals surface area contributed by atoms with Crippen LogP contribution in [0.4, 0.5) is 0 Å². The van der Waals surface area contributed by atoms with Crippen molar-refractivity contribution in [1.29, 1.82) is 0 Å². The van der Waals surface area contributed by atoms with Crippen molar-refractivity contribution in [3.05, 3.63) is 58.5 Å². The minimum Gasteiger partial charge on any atom is -0.454 e. The molecule has 0 radical (unpaired) electrons. The molecule has 1 N–H and O–H groups in total. The quantitative estimate of drug-likeness (QED) is 0.905. The van der Waals surface area contributed by atoms with Crippen LogP contribution in [-0.2, 0) is 11.3 Å². The highest BCUT2D eigenvalue weighted by Crippen LogP contribution is 2.48. The number of carbonyl (C=O) groups excluding carboxylic acids is 2. The summed E-state index contributed by atoms with van der Waals surface area (Å²) < 4.78 is 5.46. The number of hydrogen-bond donors (Lipinski definition) is 1. The molecule has 0 spiro atoms. The van der Waals surface area contributed by atoms with E-state index in [2.05, 4.69) is 5.32 Å². The molecule has 2 aromatic rings. The minimum atomic E-state index is -0.278. The predicted octanol–water partition coefficient (Wildman–Crippen LogP) is 3.05. The number of nitrogens with one attached hydrogen (secondary N) is 1. The summed E-state index contributed by atoms with van der Waals surface area (Å²) >= 11 is 5.90. The predicted molar refractivity (Wildman–Crippen MR) is 90.9 cm³/mol. The van der Waals surface area contributed by atoms with Gasteiger partial charge in [0, 0.05) is 25.0 Å². The molecule has 1 aliphatic rings. The monoisotopic (exact) mass is 346 g/mol. The van der Waals surface area contributed by atoms with E-state index in [1.54, 1.807) is 31.1 Å². The van der Waals surface area contributed by atoms with Crippen LogP contribution in [0, 0.1) is 5.92 Å². The fourth-order valence-corrected chi connectivity index (χ4v) is 2.98. The lowest BCUT2D eigenvalue weighted by atomic mass is 10.1. The number of hydrogen-bond acceptors (Lipinski definition) is 3. The lowest BCUT2D eigenvalue weighted by Gasteiger charge is -2.15. The molecule has 126 valence electrons. The van der Waals surface area contributed by atoms with Crippen LogP contribution in [0.15, 0.2) is 40.8 Å². The first-order valence-corrected chi connectivity index (χ1v) is 8.18. The molecule has 2 atom stereocenters. The van der Waals surface area contributed by atoms with Crippen molar-refractivity contribution in [2.75, 3.05) is 14.1 Å². The van der Waals surface area contributed by atoms with E-state index >= 15 is 0 Å². The summed E-state index contributed by atoms with van der Waals surface area (Å²) in [6.07, 6.45) is 0.854. The molecular formula is C18H19ClN2O3. The van der Waals surface area contributed by atoms with Gasteiger partial charge < -0.3 is 14.6 Å². The Labute approximate surface area is 145 Å². The second-order valence-electron chi connectivity index (χ2n) is 6.04. The van der Waals surface area contributed by atoms with E-state index in [1.807, 2.05) is 24.3 Å². The molecule has 3 rings (SSSR count). The number of rotatable bonds is 5. The summed E-state index contributed by atoms with van der Waals surface area (Å²) in [4.78, 5) is 25.7. The van der Waals surface area contributed by atoms with Gasteiger partial charge in [-0.2, -0.15) is 0 Å². The summed E-state index contributed by atoms with van der Waals surface area (Å²) in [7, 11) is 3.30. The van der Waals surface area contributed by atoms with Crippen LogP contribution < -0.4 is 5.32 Å². The Morgan fingerprint density at radius 2 is 1.96 bits per heavy atom. The Bertz CT molecular complexity index is 754. The Balaban J connectivity index is 1.59. The number of furan rings is 1. The van der Waals surface area contributed by atoms with Crippen molar-refractivity contribution >= 4 is 23.4 Å². The van der Waals surface area contributed by atoms with Crippen molar-refractivity contribution in [2.45, 2.75) is 18.9 Å². The third-order valence-electron chi connectivity index (χ3n) is 4.29. The topological polar surface area (TPSA) is 62.6 Å². The summed E-state index contributed by atoms with van der Waals surface area (Å²) in [5, 5.41) is 3.20. The first-order valence-electron chi connectivity index (χ1n) is 7.81. The zero-order chi connectivity index (χ0) is 17.3. The fourth-order valence-electron chi connectivity index (χ4n) is 2.85. The molecule has 1 saturated carbocycles. The van der Waals surface area contributed by atoms with E-state index in [1.165, 1.54) is 0 Å². The Morgan fingerprint density at radius 1 is 1.25 bits per heavy atom. The van der Waals surface area contributed by atoms with Crippen LogP contribution >= 0.6 is 11.6 Å². The van der Waals surface area contributed by atoms with Crippen molar-refractivity contribution in [3.8, 4) is 0 Å². The van der Waals surface area contributed by atoms with Gasteiger partial charge in [-0.1, -0.05) is 23.7 Å². The van der Waals surface area contributed by atoms with Gasteiger partial charge in [0.15, 0.2) is 5.76 Å². The van der Waals surface area contributed by atoms with E-state index in [4.69, 9.17) is 16.0 Å². The standard InChI is InChI=1S/C18H19ClN2O3/c1-20-17(22)16-8-7-13(24-16)10-21(2)18(23)15-9-14(15)11-3-5-12(19)6-4-11/h3-8,14-15H,9-10H2,1-2H3,(H,20,22)/t14-,15+/m1/s1. The van der Waals surface area contributed by atoms with Crippen LogP contribution in [0.1, 0.15) is 34.2 Å². The Morgan fingerprint density at radius 3 is 2.62 bits per heavy atom. The molecule has 6 heteroatoms. The Kier molecular flexibility index (Phi) is 4.62. The maximum atomic E-state index is 12.5. The van der Waals surface area contributed by atoms with E-state index < -0.39 is 0 Å². The molecule has 2 amide bonds. The largest absolute Gasteiger partial charge is 0.454 e. The molecule has 5 nitrogen and oxygen atoms in total. The molecular weight excluding hydrogens is 328 g/mol. The number of carbonyl (C=O) groups is 2. The van der Waals surface area contributed by atoms with E-state index in [0.29, 0.717) is 17.3 Å². The van der Waals surface area contributed by atoms with Crippen LogP contribution in [-0.4, -0.2) is 30.8 Å². The molecule has 1 aromatic carbocycles. The third-order valence-corrected chi connectivity index (χ3v) is 4.54. The summed E-state index contributed by atoms with van der Waals surface area (Å²) in [5.41, 5.74) is 1.14. The molecule has 0 unspecified atom stereocenters. The van der Waals surface area contributed by atoms with Crippen LogP contribution in [0.2, 0.25) is 5.02 Å². The zero-order valence-electron chi connectivity index (χ0n) is 13.6. The average Bonchev–Trinajstić information content (AvgIpc) is 3.25. The van der Waals surface area contributed by atoms with Gasteiger partial charge in [-0.25, -0.2) is 0 Å². The maximum Gasteiger partial charge on any atom is 0.286 e. The first kappa shape index (κ1) is 16.6. The SMILES string of the molecule is CNC(=O)c1ccc(CN(C)C(=O)[C@H]2C[C@@H]2c2ccc(Cl)cc2)o1. The van der Waals surface area contributed by atoms with Gasteiger partial charge in [-0.05, 0) is 42.2 Å². The lowest BCUT2D eigenvalue weighted by molar-refractivity contribution is -0.132. The van der Waals surface area contributed by atoms with Crippen LogP contribution in [0.5, 0.6) is 0 Å². The summed E-state index contributed by atoms with van der Waals surface area (Å²) in [6.45, 7) is 0.347. The Hall–Kier alpha value is -2.27. The zero-order valence-corrected chi connectivity index (χ0v) is 14.3. The van der Waals surface area contributed by atoms with Gasteiger partial charge in [-0.3, -0.25) is 9.59 Å². The second-order valence-corrected chi connectivity index (χ2v) is 6.48. The van der Waals surface area contributed by atoms with Crippen molar-refractivity contribution in [2.24, 2.45) is 5.92 Å². The lowest BCUT2D eigenvalue weighted by Crippen LogP contribution is -2.27. The van der Waals surface area contributed by atoms with Crippen LogP contribution in [0.25, 0.3) is 0 Å². The maximum absolute atomic E-state index is 12.5. The van der Waals surface area contributed by atoms with Crippen LogP contribution in [0.3, 0.4) is 0 Å². The average molecular weight is 347 g/mol. The molecule has 0 aliphatic heterocycles. The molecule has 1 aliphatic carbocycles. The van der Waals surface area contributed by atoms with Gasteiger partial charge in [0.1, 0.15) is 5.76 Å². The van der Waals surface area contributed by atoms with Gasteiger partial charge >= 0.3 is 0 Å². The number of amides is 2. The molecule has 1 heterocycles. The molecule has 1 fully saturated rings. The fraction of sp³-hybridized carbons (Fsp3) is 0.333. The molecule has 0 saturated heterocycles. The van der Waals surface area contributed by atoms with Crippen molar-refractivity contribution in [3.63, 3.8) is 0 Å². The minimum absolute atomic E-state index is 0.00421. The summed E-state index contributed by atoms with van der Waals surface area (Å²) in [5.74, 6) is 0.916. The van der Waals surface area contributed by atoms with Gasteiger partial charge in [-0.15, -0.1) is 0 Å². The second kappa shape index (κ2) is 6.69. The van der Waals surface area contributed by atoms with Gasteiger partial charge in [0.25, 0.3) is 5.91 Å². The smallest absolute Gasteiger partial charge is 0.286 e. The third kappa shape index (κ3) is 3.46.